The molecule has 2 amide bonds. The van der Waals surface area contributed by atoms with Gasteiger partial charge in [0.15, 0.2) is 0 Å². The van der Waals surface area contributed by atoms with Crippen molar-refractivity contribution in [2.24, 2.45) is 0 Å². The van der Waals surface area contributed by atoms with Crippen LogP contribution in [-0.4, -0.2) is 45.4 Å². The minimum atomic E-state index is -0.187. The van der Waals surface area contributed by atoms with Crippen molar-refractivity contribution >= 4 is 22.5 Å². The molecule has 1 atom stereocenters. The number of hydrogen-bond acceptors (Lipinski definition) is 6. The second-order valence-electron chi connectivity index (χ2n) is 5.43. The smallest absolute Gasteiger partial charge is 0.324 e. The number of anilines is 1. The number of hydrogen-bond donors (Lipinski definition) is 1. The second-order valence-corrected chi connectivity index (χ2v) is 6.61. The molecular weight excluding hydrogens is 314 g/mol. The third-order valence-corrected chi connectivity index (χ3v) is 4.35. The fourth-order valence-corrected chi connectivity index (χ4v) is 3.06. The van der Waals surface area contributed by atoms with E-state index in [1.165, 1.54) is 11.3 Å². The van der Waals surface area contributed by atoms with Gasteiger partial charge in [0.2, 0.25) is 5.13 Å². The molecule has 0 saturated carbocycles. The quantitative estimate of drug-likeness (QED) is 0.909. The summed E-state index contributed by atoms with van der Waals surface area (Å²) in [5, 5.41) is 12.0. The molecule has 1 saturated heterocycles. The topological polar surface area (TPSA) is 80.2 Å². The fraction of sp³-hybridized carbons (Fsp3) is 0.467. The summed E-state index contributed by atoms with van der Waals surface area (Å²) < 4.78 is 5.67. The lowest BCUT2D eigenvalue weighted by atomic mass is 10.2. The Kier molecular flexibility index (Phi) is 5.14. The van der Waals surface area contributed by atoms with Crippen LogP contribution in [0.25, 0.3) is 0 Å². The number of urea groups is 1. The second kappa shape index (κ2) is 7.47. The summed E-state index contributed by atoms with van der Waals surface area (Å²) in [6.07, 6.45) is 5.58. The molecule has 2 aromatic heterocycles. The molecule has 7 nitrogen and oxygen atoms in total. The van der Waals surface area contributed by atoms with Gasteiger partial charge in [-0.1, -0.05) is 11.3 Å². The van der Waals surface area contributed by atoms with Gasteiger partial charge < -0.3 is 9.64 Å². The zero-order valence-corrected chi connectivity index (χ0v) is 13.8. The van der Waals surface area contributed by atoms with Gasteiger partial charge in [-0.2, -0.15) is 0 Å². The van der Waals surface area contributed by atoms with Crippen LogP contribution in [0.2, 0.25) is 0 Å². The predicted molar refractivity (Wildman–Crippen MR) is 87.3 cm³/mol. The molecule has 122 valence electrons. The molecule has 1 N–H and O–H groups in total. The summed E-state index contributed by atoms with van der Waals surface area (Å²) in [6.45, 7) is 3.69. The van der Waals surface area contributed by atoms with Crippen LogP contribution in [-0.2, 0) is 11.3 Å². The highest BCUT2D eigenvalue weighted by Gasteiger charge is 2.23. The third-order valence-electron chi connectivity index (χ3n) is 3.60. The molecule has 1 aliphatic heterocycles. The van der Waals surface area contributed by atoms with E-state index in [0.29, 0.717) is 18.2 Å². The van der Waals surface area contributed by atoms with E-state index < -0.39 is 0 Å². The van der Waals surface area contributed by atoms with Crippen LogP contribution in [0.5, 0.6) is 0 Å². The van der Waals surface area contributed by atoms with Crippen molar-refractivity contribution in [3.8, 4) is 0 Å². The Hall–Kier alpha value is -2.06. The maximum Gasteiger partial charge on any atom is 0.324 e. The largest absolute Gasteiger partial charge is 0.376 e. The maximum absolute atomic E-state index is 12.6. The number of carbonyl (C=O) groups is 1. The van der Waals surface area contributed by atoms with Crippen molar-refractivity contribution in [1.82, 2.24) is 20.1 Å². The average Bonchev–Trinajstić information content (AvgIpc) is 3.19. The highest BCUT2D eigenvalue weighted by atomic mass is 32.1. The normalized spacial score (nSPS) is 17.2. The van der Waals surface area contributed by atoms with Gasteiger partial charge in [-0.15, -0.1) is 10.2 Å². The molecule has 3 rings (SSSR count). The molecule has 0 aromatic carbocycles. The highest BCUT2D eigenvalue weighted by molar-refractivity contribution is 7.15. The van der Waals surface area contributed by atoms with Crippen molar-refractivity contribution in [3.05, 3.63) is 35.1 Å². The van der Waals surface area contributed by atoms with Crippen LogP contribution in [0.1, 0.15) is 23.4 Å². The Labute approximate surface area is 138 Å². The zero-order chi connectivity index (χ0) is 16.1. The van der Waals surface area contributed by atoms with Gasteiger partial charge in [0.1, 0.15) is 5.01 Å². The number of pyridine rings is 1. The number of nitrogens with zero attached hydrogens (tertiary/aromatic N) is 4. The molecule has 0 bridgehead atoms. The van der Waals surface area contributed by atoms with E-state index in [-0.39, 0.29) is 12.1 Å². The van der Waals surface area contributed by atoms with E-state index in [4.69, 9.17) is 4.74 Å². The van der Waals surface area contributed by atoms with Gasteiger partial charge in [-0.25, -0.2) is 4.79 Å². The predicted octanol–water partition coefficient (Wildman–Crippen LogP) is 2.45. The number of aromatic nitrogens is 3. The molecule has 0 radical (unpaired) electrons. The number of rotatable bonds is 5. The minimum Gasteiger partial charge on any atom is -0.376 e. The molecule has 1 fully saturated rings. The zero-order valence-electron chi connectivity index (χ0n) is 12.9. The standard InChI is InChI=1S/C15H19N5O2S/c1-11-18-19-14(23-11)17-15(21)20(10-13-3-2-8-22-13)9-12-4-6-16-7-5-12/h4-7,13H,2-3,8-10H2,1H3,(H,17,19,21)/t13-/m1/s1. The van der Waals surface area contributed by atoms with Crippen molar-refractivity contribution in [1.29, 1.82) is 0 Å². The first-order valence-corrected chi connectivity index (χ1v) is 8.39. The van der Waals surface area contributed by atoms with Crippen LogP contribution in [0.4, 0.5) is 9.93 Å². The first-order valence-electron chi connectivity index (χ1n) is 7.57. The van der Waals surface area contributed by atoms with Crippen molar-refractivity contribution in [3.63, 3.8) is 0 Å². The lowest BCUT2D eigenvalue weighted by molar-refractivity contribution is 0.0819. The summed E-state index contributed by atoms with van der Waals surface area (Å²) >= 11 is 1.36. The molecule has 1 aliphatic rings. The van der Waals surface area contributed by atoms with Gasteiger partial charge >= 0.3 is 6.03 Å². The Bertz CT molecular complexity index is 642. The molecule has 8 heteroatoms. The summed E-state index contributed by atoms with van der Waals surface area (Å²) in [6, 6.07) is 3.63. The van der Waals surface area contributed by atoms with Crippen LogP contribution < -0.4 is 5.32 Å². The fourth-order valence-electron chi connectivity index (χ4n) is 2.48. The molecule has 0 aliphatic carbocycles. The van der Waals surface area contributed by atoms with Gasteiger partial charge in [0.05, 0.1) is 6.10 Å². The van der Waals surface area contributed by atoms with Gasteiger partial charge in [0.25, 0.3) is 0 Å². The lowest BCUT2D eigenvalue weighted by Crippen LogP contribution is -2.39. The summed E-state index contributed by atoms with van der Waals surface area (Å²) in [4.78, 5) is 18.4. The van der Waals surface area contributed by atoms with Crippen LogP contribution >= 0.6 is 11.3 Å². The van der Waals surface area contributed by atoms with E-state index in [9.17, 15) is 4.79 Å². The molecule has 2 aromatic rings. The van der Waals surface area contributed by atoms with Gasteiger partial charge in [0, 0.05) is 32.1 Å². The lowest BCUT2D eigenvalue weighted by Gasteiger charge is -2.25. The van der Waals surface area contributed by atoms with E-state index in [1.54, 1.807) is 17.3 Å². The van der Waals surface area contributed by atoms with E-state index in [0.717, 1.165) is 30.0 Å². The maximum atomic E-state index is 12.6. The molecular formula is C15H19N5O2S. The summed E-state index contributed by atoms with van der Waals surface area (Å²) in [5.41, 5.74) is 1.03. The van der Waals surface area contributed by atoms with Crippen molar-refractivity contribution in [2.75, 3.05) is 18.5 Å². The Morgan fingerprint density at radius 3 is 2.91 bits per heavy atom. The first kappa shape index (κ1) is 15.8. The Morgan fingerprint density at radius 1 is 1.43 bits per heavy atom. The van der Waals surface area contributed by atoms with Gasteiger partial charge in [-0.05, 0) is 37.5 Å². The van der Waals surface area contributed by atoms with E-state index in [1.807, 2.05) is 19.1 Å². The van der Waals surface area contributed by atoms with Gasteiger partial charge in [-0.3, -0.25) is 10.3 Å². The SMILES string of the molecule is Cc1nnc(NC(=O)N(Cc2ccncc2)C[C@H]2CCCO2)s1. The molecule has 3 heterocycles. The summed E-state index contributed by atoms with van der Waals surface area (Å²) in [5.74, 6) is 0. The number of amides is 2. The minimum absolute atomic E-state index is 0.0961. The third kappa shape index (κ3) is 4.46. The molecule has 0 unspecified atom stereocenters. The molecule has 23 heavy (non-hydrogen) atoms. The number of carbonyl (C=O) groups excluding carboxylic acids is 1. The van der Waals surface area contributed by atoms with E-state index >= 15 is 0 Å². The Balaban J connectivity index is 1.68. The van der Waals surface area contributed by atoms with E-state index in [2.05, 4.69) is 20.5 Å². The Morgan fingerprint density at radius 2 is 2.26 bits per heavy atom. The van der Waals surface area contributed by atoms with Crippen molar-refractivity contribution in [2.45, 2.75) is 32.4 Å². The summed E-state index contributed by atoms with van der Waals surface area (Å²) in [7, 11) is 0. The van der Waals surface area contributed by atoms with Crippen LogP contribution in [0.3, 0.4) is 0 Å². The monoisotopic (exact) mass is 333 g/mol. The highest BCUT2D eigenvalue weighted by Crippen LogP contribution is 2.18. The average molecular weight is 333 g/mol. The number of nitrogens with one attached hydrogen (secondary N) is 1. The molecule has 0 spiro atoms. The van der Waals surface area contributed by atoms with Crippen LogP contribution in [0, 0.1) is 6.92 Å². The first-order chi connectivity index (χ1) is 11.2. The number of ether oxygens (including phenoxy) is 1. The van der Waals surface area contributed by atoms with Crippen LogP contribution in [0.15, 0.2) is 24.5 Å². The van der Waals surface area contributed by atoms with Crippen molar-refractivity contribution < 1.29 is 9.53 Å². The number of aryl methyl sites for hydroxylation is 1.